The number of aromatic nitrogens is 2. The summed E-state index contributed by atoms with van der Waals surface area (Å²) in [6, 6.07) is 0. The van der Waals surface area contributed by atoms with Crippen molar-refractivity contribution in [3.63, 3.8) is 0 Å². The molecule has 0 spiro atoms. The van der Waals surface area contributed by atoms with Crippen molar-refractivity contribution in [1.82, 2.24) is 20.6 Å². The maximum atomic E-state index is 11.3. The minimum Gasteiger partial charge on any atom is -0.394 e. The Morgan fingerprint density at radius 1 is 1.19 bits per heavy atom. The van der Waals surface area contributed by atoms with Crippen LogP contribution in [0.3, 0.4) is 0 Å². The Morgan fingerprint density at radius 3 is 2.23 bits per heavy atom. The first-order chi connectivity index (χ1) is 11.7. The summed E-state index contributed by atoms with van der Waals surface area (Å²) in [7, 11) is 0. The number of hydrogen-bond donors (Lipinski definition) is 3. The molecule has 0 bridgehead atoms. The Balaban J connectivity index is 0. The molecular formula is C17H29N4O4Y-. The number of amides is 2. The van der Waals surface area contributed by atoms with E-state index in [2.05, 4.69) is 27.5 Å². The second kappa shape index (κ2) is 15.0. The van der Waals surface area contributed by atoms with Crippen molar-refractivity contribution in [3.05, 3.63) is 30.7 Å². The molecule has 0 atom stereocenters. The van der Waals surface area contributed by atoms with E-state index in [0.717, 1.165) is 11.4 Å². The van der Waals surface area contributed by atoms with Crippen molar-refractivity contribution in [1.29, 1.82) is 0 Å². The summed E-state index contributed by atoms with van der Waals surface area (Å²) >= 11 is 0. The van der Waals surface area contributed by atoms with Crippen molar-refractivity contribution in [2.75, 3.05) is 26.4 Å². The molecular weight excluding hydrogens is 413 g/mol. The summed E-state index contributed by atoms with van der Waals surface area (Å²) in [6.45, 7) is 12.3. The fourth-order valence-electron chi connectivity index (χ4n) is 1.38. The average molecular weight is 442 g/mol. The van der Waals surface area contributed by atoms with Gasteiger partial charge >= 0.3 is 0 Å². The van der Waals surface area contributed by atoms with Crippen LogP contribution in [0.25, 0.3) is 0 Å². The van der Waals surface area contributed by atoms with Crippen LogP contribution in [0.1, 0.15) is 32.2 Å². The molecule has 0 unspecified atom stereocenters. The standard InChI is InChI=1S/C9H19NO3.C8H10N3O.Y/c1-9(2,3)8(12)10-4-6-13-7-5-11;1-6-9-3-8(4-10-6)5-11-7(2)12;/h11H,4-7H2,1-3H3,(H,10,12);3-4H,2,5H2,1H3,(H,11,12);/q;-1;. The van der Waals surface area contributed by atoms with E-state index in [9.17, 15) is 9.59 Å². The van der Waals surface area contributed by atoms with Gasteiger partial charge in [-0.25, -0.2) is 9.97 Å². The van der Waals surface area contributed by atoms with Crippen LogP contribution >= 0.6 is 0 Å². The van der Waals surface area contributed by atoms with Gasteiger partial charge in [-0.2, -0.15) is 0 Å². The van der Waals surface area contributed by atoms with Crippen LogP contribution in [-0.2, 0) is 53.6 Å². The van der Waals surface area contributed by atoms with Gasteiger partial charge in [-0.1, -0.05) is 20.8 Å². The normalized spacial score (nSPS) is 10.0. The zero-order chi connectivity index (χ0) is 19.3. The molecule has 0 aliphatic rings. The number of ether oxygens (including phenoxy) is 1. The second-order valence-electron chi connectivity index (χ2n) is 6.26. The maximum absolute atomic E-state index is 11.3. The number of carbonyl (C=O) groups excluding carboxylic acids is 2. The van der Waals surface area contributed by atoms with Crippen molar-refractivity contribution in [3.8, 4) is 0 Å². The SMILES string of the molecule is CC(C)(C)C(=O)NCCOCCO.[CH2-]C(=O)NCc1cnc(C)nc1.[Y]. The van der Waals surface area contributed by atoms with Crippen molar-refractivity contribution in [2.45, 2.75) is 34.2 Å². The third-order valence-electron chi connectivity index (χ3n) is 2.77. The summed E-state index contributed by atoms with van der Waals surface area (Å²) in [5, 5.41) is 13.7. The molecule has 0 aromatic carbocycles. The van der Waals surface area contributed by atoms with Crippen LogP contribution in [0.15, 0.2) is 12.4 Å². The summed E-state index contributed by atoms with van der Waals surface area (Å²) in [6.07, 6.45) is 3.36. The summed E-state index contributed by atoms with van der Waals surface area (Å²) < 4.78 is 4.98. The van der Waals surface area contributed by atoms with Gasteiger partial charge in [-0.15, -0.1) is 0 Å². The first-order valence-corrected chi connectivity index (χ1v) is 8.01. The number of rotatable bonds is 7. The van der Waals surface area contributed by atoms with Crippen molar-refractivity contribution < 1.29 is 52.1 Å². The largest absolute Gasteiger partial charge is 0.394 e. The summed E-state index contributed by atoms with van der Waals surface area (Å²) in [4.78, 5) is 29.7. The van der Waals surface area contributed by atoms with Gasteiger partial charge in [0.25, 0.3) is 0 Å². The summed E-state index contributed by atoms with van der Waals surface area (Å²) in [5.74, 6) is 0.440. The van der Waals surface area contributed by atoms with Crippen LogP contribution in [0.2, 0.25) is 0 Å². The molecule has 0 saturated carbocycles. The first kappa shape index (κ1) is 27.1. The molecule has 1 heterocycles. The predicted molar refractivity (Wildman–Crippen MR) is 94.3 cm³/mol. The van der Waals surface area contributed by atoms with E-state index >= 15 is 0 Å². The van der Waals surface area contributed by atoms with E-state index in [1.54, 1.807) is 12.4 Å². The Morgan fingerprint density at radius 2 is 1.77 bits per heavy atom. The molecule has 1 rings (SSSR count). The van der Waals surface area contributed by atoms with Gasteiger partial charge in [-0.05, 0) is 6.92 Å². The molecule has 8 nitrogen and oxygen atoms in total. The van der Waals surface area contributed by atoms with Crippen LogP contribution in [0, 0.1) is 19.3 Å². The number of aliphatic hydroxyl groups excluding tert-OH is 1. The fourth-order valence-corrected chi connectivity index (χ4v) is 1.38. The summed E-state index contributed by atoms with van der Waals surface area (Å²) in [5.41, 5.74) is 0.523. The van der Waals surface area contributed by atoms with E-state index in [1.807, 2.05) is 27.7 Å². The van der Waals surface area contributed by atoms with E-state index in [0.29, 0.717) is 26.3 Å². The molecule has 2 amide bonds. The van der Waals surface area contributed by atoms with Crippen molar-refractivity contribution >= 4 is 11.8 Å². The molecule has 1 radical (unpaired) electrons. The smallest absolute Gasteiger partial charge is 0.225 e. The van der Waals surface area contributed by atoms with Gasteiger partial charge in [0.1, 0.15) is 5.82 Å². The van der Waals surface area contributed by atoms with Crippen LogP contribution in [-0.4, -0.2) is 53.3 Å². The van der Waals surface area contributed by atoms with Crippen LogP contribution < -0.4 is 10.6 Å². The van der Waals surface area contributed by atoms with E-state index in [4.69, 9.17) is 9.84 Å². The Kier molecular flexibility index (Phi) is 15.7. The molecule has 9 heteroatoms. The van der Waals surface area contributed by atoms with Gasteiger partial charge in [0.05, 0.1) is 25.7 Å². The van der Waals surface area contributed by atoms with Gasteiger partial charge in [0.15, 0.2) is 0 Å². The van der Waals surface area contributed by atoms with Crippen LogP contribution in [0.5, 0.6) is 0 Å². The van der Waals surface area contributed by atoms with E-state index in [1.165, 1.54) is 0 Å². The number of nitrogens with one attached hydrogen (secondary N) is 2. The third kappa shape index (κ3) is 15.2. The molecule has 1 aromatic heterocycles. The number of aliphatic hydroxyl groups is 1. The molecule has 0 aliphatic heterocycles. The quantitative estimate of drug-likeness (QED) is 0.416. The molecule has 145 valence electrons. The molecule has 3 N–H and O–H groups in total. The zero-order valence-corrected chi connectivity index (χ0v) is 18.9. The first-order valence-electron chi connectivity index (χ1n) is 8.01. The Hall–Kier alpha value is -1.09. The number of carbonyl (C=O) groups is 2. The Bertz CT molecular complexity index is 518. The van der Waals surface area contributed by atoms with E-state index in [-0.39, 0.29) is 56.5 Å². The molecule has 26 heavy (non-hydrogen) atoms. The topological polar surface area (TPSA) is 113 Å². The van der Waals surface area contributed by atoms with Gasteiger partial charge in [0.2, 0.25) is 5.91 Å². The minimum absolute atomic E-state index is 0. The maximum Gasteiger partial charge on any atom is 0.225 e. The predicted octanol–water partition coefficient (Wildman–Crippen LogP) is 0.390. The van der Waals surface area contributed by atoms with Gasteiger partial charge in [-0.3, -0.25) is 4.79 Å². The van der Waals surface area contributed by atoms with E-state index < -0.39 is 0 Å². The van der Waals surface area contributed by atoms with Gasteiger partial charge < -0.3 is 32.2 Å². The number of aryl methyl sites for hydroxylation is 1. The molecule has 0 saturated heterocycles. The fraction of sp³-hybridized carbons (Fsp3) is 0.588. The molecule has 0 fully saturated rings. The monoisotopic (exact) mass is 442 g/mol. The average Bonchev–Trinajstić information content (AvgIpc) is 2.53. The van der Waals surface area contributed by atoms with Crippen molar-refractivity contribution in [2.24, 2.45) is 5.41 Å². The minimum atomic E-state index is -0.350. The van der Waals surface area contributed by atoms with Crippen LogP contribution in [0.4, 0.5) is 0 Å². The molecule has 1 aromatic rings. The zero-order valence-electron chi connectivity index (χ0n) is 16.0. The number of hydrogen-bond acceptors (Lipinski definition) is 6. The van der Waals surface area contributed by atoms with Gasteiger partial charge in [0, 0.05) is 69.2 Å². The second-order valence-corrected chi connectivity index (χ2v) is 6.26. The third-order valence-corrected chi connectivity index (χ3v) is 2.77. The Labute approximate surface area is 180 Å². The molecule has 0 aliphatic carbocycles. The number of nitrogens with zero attached hydrogens (tertiary/aromatic N) is 2.